The smallest absolute Gasteiger partial charge is 0.225 e. The summed E-state index contributed by atoms with van der Waals surface area (Å²) in [5, 5.41) is 6.23. The van der Waals surface area contributed by atoms with Crippen molar-refractivity contribution in [3.63, 3.8) is 0 Å². The van der Waals surface area contributed by atoms with Crippen LogP contribution in [0.5, 0.6) is 0 Å². The lowest BCUT2D eigenvalue weighted by Crippen LogP contribution is -2.28. The molecule has 1 aromatic carbocycles. The van der Waals surface area contributed by atoms with Gasteiger partial charge >= 0.3 is 0 Å². The van der Waals surface area contributed by atoms with E-state index in [1.165, 1.54) is 5.56 Å². The lowest BCUT2D eigenvalue weighted by atomic mass is 10.0. The number of carbonyl (C=O) groups is 1. The number of anilines is 1. The van der Waals surface area contributed by atoms with Crippen LogP contribution >= 0.6 is 0 Å². The van der Waals surface area contributed by atoms with Crippen molar-refractivity contribution in [3.8, 4) is 0 Å². The average Bonchev–Trinajstić information content (AvgIpc) is 2.39. The van der Waals surface area contributed by atoms with E-state index in [1.54, 1.807) is 0 Å². The SMILES string of the molecule is CCC(C)NCCC(=O)Nc1ccc(C(C)C)cc1. The van der Waals surface area contributed by atoms with Crippen molar-refractivity contribution in [3.05, 3.63) is 29.8 Å². The first-order valence-electron chi connectivity index (χ1n) is 7.16. The molecule has 0 aromatic heterocycles. The Morgan fingerprint density at radius 1 is 1.16 bits per heavy atom. The van der Waals surface area contributed by atoms with Crippen molar-refractivity contribution in [1.29, 1.82) is 0 Å². The van der Waals surface area contributed by atoms with Crippen LogP contribution in [0.1, 0.15) is 52.0 Å². The third-order valence-corrected chi connectivity index (χ3v) is 3.32. The first-order chi connectivity index (χ1) is 9.02. The van der Waals surface area contributed by atoms with Crippen molar-refractivity contribution >= 4 is 11.6 Å². The minimum absolute atomic E-state index is 0.0631. The number of benzene rings is 1. The Labute approximate surface area is 116 Å². The Morgan fingerprint density at radius 2 is 1.79 bits per heavy atom. The molecule has 0 aliphatic carbocycles. The van der Waals surface area contributed by atoms with Gasteiger partial charge in [0.15, 0.2) is 0 Å². The first kappa shape index (κ1) is 15.7. The zero-order valence-corrected chi connectivity index (χ0v) is 12.5. The van der Waals surface area contributed by atoms with Crippen LogP contribution in [0.4, 0.5) is 5.69 Å². The highest BCUT2D eigenvalue weighted by Crippen LogP contribution is 2.17. The van der Waals surface area contributed by atoms with Gasteiger partial charge in [0, 0.05) is 24.7 Å². The molecule has 1 rings (SSSR count). The second kappa shape index (κ2) is 7.95. The van der Waals surface area contributed by atoms with Crippen molar-refractivity contribution in [2.45, 2.75) is 52.5 Å². The van der Waals surface area contributed by atoms with E-state index in [4.69, 9.17) is 0 Å². The number of carbonyl (C=O) groups excluding carboxylic acids is 1. The monoisotopic (exact) mass is 262 g/mol. The van der Waals surface area contributed by atoms with E-state index in [1.807, 2.05) is 12.1 Å². The molecule has 0 heterocycles. The van der Waals surface area contributed by atoms with Gasteiger partial charge in [-0.2, -0.15) is 0 Å². The molecule has 1 amide bonds. The van der Waals surface area contributed by atoms with Crippen LogP contribution < -0.4 is 10.6 Å². The molecule has 1 atom stereocenters. The molecular weight excluding hydrogens is 236 g/mol. The Kier molecular flexibility index (Phi) is 6.57. The third kappa shape index (κ3) is 5.88. The molecule has 1 unspecified atom stereocenters. The fourth-order valence-electron chi connectivity index (χ4n) is 1.75. The Morgan fingerprint density at radius 3 is 2.32 bits per heavy atom. The van der Waals surface area contributed by atoms with E-state index in [0.29, 0.717) is 18.4 Å². The fourth-order valence-corrected chi connectivity index (χ4v) is 1.75. The van der Waals surface area contributed by atoms with Crippen LogP contribution in [0.3, 0.4) is 0 Å². The summed E-state index contributed by atoms with van der Waals surface area (Å²) >= 11 is 0. The molecule has 2 N–H and O–H groups in total. The maximum absolute atomic E-state index is 11.7. The van der Waals surface area contributed by atoms with Gasteiger partial charge in [0.1, 0.15) is 0 Å². The van der Waals surface area contributed by atoms with Gasteiger partial charge in [-0.25, -0.2) is 0 Å². The van der Waals surface area contributed by atoms with Crippen LogP contribution in [0.15, 0.2) is 24.3 Å². The van der Waals surface area contributed by atoms with Gasteiger partial charge < -0.3 is 10.6 Å². The molecule has 1 aromatic rings. The number of nitrogens with one attached hydrogen (secondary N) is 2. The summed E-state index contributed by atoms with van der Waals surface area (Å²) in [6.07, 6.45) is 1.59. The van der Waals surface area contributed by atoms with E-state index >= 15 is 0 Å². The van der Waals surface area contributed by atoms with Gasteiger partial charge in [0.05, 0.1) is 0 Å². The predicted octanol–water partition coefficient (Wildman–Crippen LogP) is 3.53. The van der Waals surface area contributed by atoms with Gasteiger partial charge in [0.2, 0.25) is 5.91 Å². The molecule has 0 spiro atoms. The van der Waals surface area contributed by atoms with Gasteiger partial charge in [-0.3, -0.25) is 4.79 Å². The zero-order chi connectivity index (χ0) is 14.3. The molecule has 0 aliphatic rings. The maximum atomic E-state index is 11.7. The molecule has 19 heavy (non-hydrogen) atoms. The van der Waals surface area contributed by atoms with Crippen LogP contribution in [0.2, 0.25) is 0 Å². The summed E-state index contributed by atoms with van der Waals surface area (Å²) in [6, 6.07) is 8.54. The molecule has 106 valence electrons. The van der Waals surface area contributed by atoms with E-state index in [9.17, 15) is 4.79 Å². The number of hydrogen-bond acceptors (Lipinski definition) is 2. The van der Waals surface area contributed by atoms with Crippen LogP contribution in [-0.4, -0.2) is 18.5 Å². The van der Waals surface area contributed by atoms with Gasteiger partial charge in [0.25, 0.3) is 0 Å². The molecule has 0 bridgehead atoms. The summed E-state index contributed by atoms with van der Waals surface area (Å²) in [5.74, 6) is 0.581. The van der Waals surface area contributed by atoms with Crippen molar-refractivity contribution in [1.82, 2.24) is 5.32 Å². The van der Waals surface area contributed by atoms with E-state index in [2.05, 4.69) is 50.5 Å². The summed E-state index contributed by atoms with van der Waals surface area (Å²) in [7, 11) is 0. The second-order valence-corrected chi connectivity index (χ2v) is 5.34. The topological polar surface area (TPSA) is 41.1 Å². The number of rotatable bonds is 7. The van der Waals surface area contributed by atoms with E-state index in [-0.39, 0.29) is 5.91 Å². The summed E-state index contributed by atoms with van der Waals surface area (Å²) < 4.78 is 0. The highest BCUT2D eigenvalue weighted by atomic mass is 16.1. The minimum atomic E-state index is 0.0631. The molecule has 0 fully saturated rings. The average molecular weight is 262 g/mol. The molecule has 3 heteroatoms. The highest BCUT2D eigenvalue weighted by molar-refractivity contribution is 5.90. The van der Waals surface area contributed by atoms with Crippen molar-refractivity contribution < 1.29 is 4.79 Å². The van der Waals surface area contributed by atoms with Crippen molar-refractivity contribution in [2.24, 2.45) is 0 Å². The third-order valence-electron chi connectivity index (χ3n) is 3.32. The molecular formula is C16H26N2O. The van der Waals surface area contributed by atoms with Gasteiger partial charge in [-0.15, -0.1) is 0 Å². The summed E-state index contributed by atoms with van der Waals surface area (Å²) in [4.78, 5) is 11.7. The largest absolute Gasteiger partial charge is 0.326 e. The quantitative estimate of drug-likeness (QED) is 0.789. The van der Waals surface area contributed by atoms with Crippen molar-refractivity contribution in [2.75, 3.05) is 11.9 Å². The van der Waals surface area contributed by atoms with E-state index < -0.39 is 0 Å². The van der Waals surface area contributed by atoms with Gasteiger partial charge in [-0.1, -0.05) is 32.9 Å². The van der Waals surface area contributed by atoms with Crippen LogP contribution in [0, 0.1) is 0 Å². The lowest BCUT2D eigenvalue weighted by Gasteiger charge is -2.11. The first-order valence-corrected chi connectivity index (χ1v) is 7.16. The zero-order valence-electron chi connectivity index (χ0n) is 12.5. The maximum Gasteiger partial charge on any atom is 0.225 e. The number of amides is 1. The standard InChI is InChI=1S/C16H26N2O/c1-5-13(4)17-11-10-16(19)18-15-8-6-14(7-9-15)12(2)3/h6-9,12-13,17H,5,10-11H2,1-4H3,(H,18,19). The molecule has 0 saturated carbocycles. The molecule has 0 radical (unpaired) electrons. The lowest BCUT2D eigenvalue weighted by molar-refractivity contribution is -0.116. The minimum Gasteiger partial charge on any atom is -0.326 e. The second-order valence-electron chi connectivity index (χ2n) is 5.34. The normalized spacial score (nSPS) is 12.5. The molecule has 3 nitrogen and oxygen atoms in total. The highest BCUT2D eigenvalue weighted by Gasteiger charge is 2.04. The van der Waals surface area contributed by atoms with Gasteiger partial charge in [-0.05, 0) is 37.0 Å². The Bertz CT molecular complexity index is 384. The predicted molar refractivity (Wildman–Crippen MR) is 81.5 cm³/mol. The Balaban J connectivity index is 2.36. The van der Waals surface area contributed by atoms with Crippen LogP contribution in [0.25, 0.3) is 0 Å². The van der Waals surface area contributed by atoms with Crippen LogP contribution in [-0.2, 0) is 4.79 Å². The fraction of sp³-hybridized carbons (Fsp3) is 0.562. The van der Waals surface area contributed by atoms with E-state index in [0.717, 1.165) is 18.7 Å². The Hall–Kier alpha value is -1.35. The molecule has 0 aliphatic heterocycles. The number of hydrogen-bond donors (Lipinski definition) is 2. The summed E-state index contributed by atoms with van der Waals surface area (Å²) in [5.41, 5.74) is 2.16. The molecule has 0 saturated heterocycles. The summed E-state index contributed by atoms with van der Waals surface area (Å²) in [6.45, 7) is 9.31.